The Morgan fingerprint density at radius 2 is 1.82 bits per heavy atom. The molecule has 3 atom stereocenters. The van der Waals surface area contributed by atoms with Crippen LogP contribution in [0, 0.1) is 17.7 Å². The molecule has 0 saturated carbocycles. The fourth-order valence-electron chi connectivity index (χ4n) is 4.93. The number of halogens is 2. The summed E-state index contributed by atoms with van der Waals surface area (Å²) in [4.78, 5) is 12.0. The Kier molecular flexibility index (Phi) is 8.58. The van der Waals surface area contributed by atoms with E-state index in [9.17, 15) is 8.78 Å². The molecule has 2 aromatic rings. The SMILES string of the molecule is CC1C=C(F)C=CC1C(CCCN1CCC(=NOCc2ccncc2)CC1)c1ccc(F)cc1. The van der Waals surface area contributed by atoms with Gasteiger partial charge in [0.25, 0.3) is 0 Å². The first-order valence-electron chi connectivity index (χ1n) is 12.2. The molecule has 6 heteroatoms. The van der Waals surface area contributed by atoms with E-state index in [4.69, 9.17) is 4.84 Å². The first-order chi connectivity index (χ1) is 16.6. The number of rotatable bonds is 9. The smallest absolute Gasteiger partial charge is 0.142 e. The van der Waals surface area contributed by atoms with E-state index >= 15 is 0 Å². The highest BCUT2D eigenvalue weighted by Gasteiger charge is 2.27. The third-order valence-corrected chi connectivity index (χ3v) is 6.87. The van der Waals surface area contributed by atoms with E-state index in [-0.39, 0.29) is 29.4 Å². The van der Waals surface area contributed by atoms with Crippen LogP contribution in [0.15, 0.2) is 78.0 Å². The predicted molar refractivity (Wildman–Crippen MR) is 131 cm³/mol. The molecule has 1 aliphatic heterocycles. The minimum absolute atomic E-state index is 0.112. The van der Waals surface area contributed by atoms with Gasteiger partial charge in [0.1, 0.15) is 18.3 Å². The molecule has 4 rings (SSSR count). The van der Waals surface area contributed by atoms with Crippen molar-refractivity contribution in [2.24, 2.45) is 17.0 Å². The van der Waals surface area contributed by atoms with Gasteiger partial charge in [0, 0.05) is 38.3 Å². The Labute approximate surface area is 201 Å². The summed E-state index contributed by atoms with van der Waals surface area (Å²) in [6.45, 7) is 5.50. The molecule has 0 bridgehead atoms. The largest absolute Gasteiger partial charge is 0.391 e. The van der Waals surface area contributed by atoms with Crippen molar-refractivity contribution in [1.29, 1.82) is 0 Å². The predicted octanol–water partition coefficient (Wildman–Crippen LogP) is 6.43. The third-order valence-electron chi connectivity index (χ3n) is 6.87. The van der Waals surface area contributed by atoms with E-state index in [0.717, 1.165) is 62.2 Å². The van der Waals surface area contributed by atoms with Crippen molar-refractivity contribution in [2.45, 2.75) is 45.1 Å². The summed E-state index contributed by atoms with van der Waals surface area (Å²) in [7, 11) is 0. The molecule has 0 radical (unpaired) electrons. The van der Waals surface area contributed by atoms with Gasteiger partial charge >= 0.3 is 0 Å². The van der Waals surface area contributed by atoms with Gasteiger partial charge < -0.3 is 9.74 Å². The summed E-state index contributed by atoms with van der Waals surface area (Å²) in [5, 5.41) is 4.34. The maximum atomic E-state index is 13.7. The molecule has 1 fully saturated rings. The number of allylic oxidation sites excluding steroid dienone is 4. The van der Waals surface area contributed by atoms with Gasteiger partial charge in [-0.1, -0.05) is 30.3 Å². The second kappa shape index (κ2) is 12.0. The molecule has 1 saturated heterocycles. The van der Waals surface area contributed by atoms with Crippen molar-refractivity contribution in [2.75, 3.05) is 19.6 Å². The Balaban J connectivity index is 1.26. The lowest BCUT2D eigenvalue weighted by Crippen LogP contribution is -2.35. The first-order valence-corrected chi connectivity index (χ1v) is 12.2. The molecule has 0 N–H and O–H groups in total. The van der Waals surface area contributed by atoms with E-state index in [1.807, 2.05) is 30.3 Å². The fraction of sp³-hybridized carbons (Fsp3) is 0.429. The van der Waals surface area contributed by atoms with Gasteiger partial charge in [0.05, 0.1) is 5.71 Å². The molecule has 180 valence electrons. The molecule has 2 heterocycles. The maximum Gasteiger partial charge on any atom is 0.142 e. The monoisotopic (exact) mass is 465 g/mol. The highest BCUT2D eigenvalue weighted by atomic mass is 19.1. The van der Waals surface area contributed by atoms with E-state index in [1.54, 1.807) is 24.5 Å². The summed E-state index contributed by atoms with van der Waals surface area (Å²) in [5.41, 5.74) is 3.30. The van der Waals surface area contributed by atoms with Gasteiger partial charge in [-0.25, -0.2) is 8.78 Å². The average molecular weight is 466 g/mol. The number of nitrogens with zero attached hydrogens (tertiary/aromatic N) is 3. The number of aromatic nitrogens is 1. The van der Waals surface area contributed by atoms with Gasteiger partial charge in [-0.05, 0) is 84.7 Å². The van der Waals surface area contributed by atoms with Crippen molar-refractivity contribution in [3.8, 4) is 0 Å². The summed E-state index contributed by atoms with van der Waals surface area (Å²) < 4.78 is 27.2. The van der Waals surface area contributed by atoms with E-state index < -0.39 is 0 Å². The topological polar surface area (TPSA) is 37.7 Å². The highest BCUT2D eigenvalue weighted by molar-refractivity contribution is 5.84. The molecule has 2 aliphatic rings. The molecule has 3 unspecified atom stereocenters. The van der Waals surface area contributed by atoms with Crippen LogP contribution >= 0.6 is 0 Å². The van der Waals surface area contributed by atoms with Gasteiger partial charge in [0.2, 0.25) is 0 Å². The highest BCUT2D eigenvalue weighted by Crippen LogP contribution is 2.38. The van der Waals surface area contributed by atoms with Crippen molar-refractivity contribution in [3.05, 3.63) is 89.8 Å². The minimum Gasteiger partial charge on any atom is -0.391 e. The van der Waals surface area contributed by atoms with Crippen molar-refractivity contribution in [3.63, 3.8) is 0 Å². The van der Waals surface area contributed by atoms with E-state index in [0.29, 0.717) is 6.61 Å². The van der Waals surface area contributed by atoms with Crippen LogP contribution in [0.4, 0.5) is 8.78 Å². The number of pyridine rings is 1. The lowest BCUT2D eigenvalue weighted by molar-refractivity contribution is 0.127. The maximum absolute atomic E-state index is 13.7. The van der Waals surface area contributed by atoms with Gasteiger partial charge in [-0.15, -0.1) is 0 Å². The number of piperidine rings is 1. The average Bonchev–Trinajstić information content (AvgIpc) is 2.85. The minimum atomic E-state index is -0.226. The van der Waals surface area contributed by atoms with E-state index in [2.05, 4.69) is 22.0 Å². The van der Waals surface area contributed by atoms with Gasteiger partial charge in [-0.2, -0.15) is 0 Å². The van der Waals surface area contributed by atoms with Crippen molar-refractivity contribution < 1.29 is 13.6 Å². The Hall–Kier alpha value is -2.86. The second-order valence-corrected chi connectivity index (χ2v) is 9.28. The first kappa shape index (κ1) is 24.3. The zero-order valence-electron chi connectivity index (χ0n) is 19.7. The number of likely N-dealkylation sites (tertiary alicyclic amines) is 1. The summed E-state index contributed by atoms with van der Waals surface area (Å²) >= 11 is 0. The summed E-state index contributed by atoms with van der Waals surface area (Å²) in [6, 6.07) is 10.7. The standard InChI is InChI=1S/C28H33F2N3O/c1-21-19-25(30)8-9-27(21)28(23-4-6-24(29)7-5-23)3-2-16-33-17-12-26(13-18-33)32-34-20-22-10-14-31-15-11-22/h4-11,14-15,19,21,27-28H,2-3,12-13,16-18,20H2,1H3. The van der Waals surface area contributed by atoms with Gasteiger partial charge in [-0.3, -0.25) is 4.98 Å². The molecule has 1 aromatic carbocycles. The normalized spacial score (nSPS) is 21.7. The lowest BCUT2D eigenvalue weighted by atomic mass is 9.74. The zero-order chi connectivity index (χ0) is 23.8. The van der Waals surface area contributed by atoms with Gasteiger partial charge in [0.15, 0.2) is 0 Å². The Bertz CT molecular complexity index is 994. The van der Waals surface area contributed by atoms with Crippen LogP contribution < -0.4 is 0 Å². The molecule has 0 spiro atoms. The molecular weight excluding hydrogens is 432 g/mol. The van der Waals surface area contributed by atoms with Crippen molar-refractivity contribution in [1.82, 2.24) is 9.88 Å². The Morgan fingerprint density at radius 3 is 2.53 bits per heavy atom. The molecule has 34 heavy (non-hydrogen) atoms. The number of hydrogen-bond donors (Lipinski definition) is 0. The third kappa shape index (κ3) is 6.83. The number of hydrogen-bond acceptors (Lipinski definition) is 4. The second-order valence-electron chi connectivity index (χ2n) is 9.28. The van der Waals surface area contributed by atoms with Crippen molar-refractivity contribution >= 4 is 5.71 Å². The number of benzene rings is 1. The quantitative estimate of drug-likeness (QED) is 0.401. The van der Waals surface area contributed by atoms with Crippen LogP contribution in [-0.4, -0.2) is 35.2 Å². The van der Waals surface area contributed by atoms with Crippen LogP contribution in [0.2, 0.25) is 0 Å². The molecule has 1 aliphatic carbocycles. The van der Waals surface area contributed by atoms with Crippen LogP contribution in [0.1, 0.15) is 49.7 Å². The molecular formula is C28H33F2N3O. The van der Waals surface area contributed by atoms with Crippen LogP contribution in [-0.2, 0) is 11.4 Å². The zero-order valence-corrected chi connectivity index (χ0v) is 19.7. The Morgan fingerprint density at radius 1 is 1.09 bits per heavy atom. The van der Waals surface area contributed by atoms with E-state index in [1.165, 1.54) is 12.1 Å². The summed E-state index contributed by atoms with van der Waals surface area (Å²) in [5.74, 6) is 0.164. The number of oxime groups is 1. The summed E-state index contributed by atoms with van der Waals surface area (Å²) in [6.07, 6.45) is 12.6. The van der Waals surface area contributed by atoms with Crippen LogP contribution in [0.25, 0.3) is 0 Å². The lowest BCUT2D eigenvalue weighted by Gasteiger charge is -2.32. The molecule has 4 nitrogen and oxygen atoms in total. The molecule has 0 amide bonds. The van der Waals surface area contributed by atoms with Crippen LogP contribution in [0.3, 0.4) is 0 Å². The van der Waals surface area contributed by atoms with Crippen LogP contribution in [0.5, 0.6) is 0 Å². The molecule has 1 aromatic heterocycles. The fourth-order valence-corrected chi connectivity index (χ4v) is 4.93.